The summed E-state index contributed by atoms with van der Waals surface area (Å²) in [6.07, 6.45) is 2.40. The molecule has 0 aliphatic carbocycles. The molecule has 0 spiro atoms. The molecule has 1 amide bonds. The highest BCUT2D eigenvalue weighted by Crippen LogP contribution is 2.18. The van der Waals surface area contributed by atoms with Crippen LogP contribution in [0.3, 0.4) is 0 Å². The SMILES string of the molecule is O=C(CCn1ccc(=O)[nH]c1=O)N1CC[C@@H](Oc2ccccc2)C1. The van der Waals surface area contributed by atoms with Crippen molar-refractivity contribution in [2.24, 2.45) is 0 Å². The molecule has 2 heterocycles. The van der Waals surface area contributed by atoms with E-state index in [9.17, 15) is 14.4 Å². The number of H-pyrrole nitrogens is 1. The van der Waals surface area contributed by atoms with Crippen molar-refractivity contribution in [1.82, 2.24) is 14.5 Å². The quantitative estimate of drug-likeness (QED) is 0.871. The Bertz CT molecular complexity index is 812. The van der Waals surface area contributed by atoms with Crippen LogP contribution in [-0.4, -0.2) is 39.6 Å². The predicted molar refractivity (Wildman–Crippen MR) is 88.0 cm³/mol. The number of ether oxygens (including phenoxy) is 1. The molecule has 2 aromatic rings. The van der Waals surface area contributed by atoms with E-state index in [2.05, 4.69) is 4.98 Å². The maximum atomic E-state index is 12.3. The van der Waals surface area contributed by atoms with Crippen molar-refractivity contribution in [3.8, 4) is 5.75 Å². The molecule has 0 unspecified atom stereocenters. The Labute approximate surface area is 138 Å². The van der Waals surface area contributed by atoms with Gasteiger partial charge in [0, 0.05) is 38.2 Å². The number of nitrogens with zero attached hydrogens (tertiary/aromatic N) is 2. The van der Waals surface area contributed by atoms with Crippen molar-refractivity contribution < 1.29 is 9.53 Å². The predicted octanol–water partition coefficient (Wildman–Crippen LogP) is 0.607. The van der Waals surface area contributed by atoms with E-state index in [1.165, 1.54) is 16.8 Å². The Morgan fingerprint density at radius 2 is 2.00 bits per heavy atom. The fourth-order valence-corrected chi connectivity index (χ4v) is 2.74. The molecule has 24 heavy (non-hydrogen) atoms. The molecule has 0 saturated carbocycles. The Balaban J connectivity index is 1.51. The van der Waals surface area contributed by atoms with E-state index in [1.807, 2.05) is 30.3 Å². The average molecular weight is 329 g/mol. The molecule has 0 radical (unpaired) electrons. The zero-order chi connectivity index (χ0) is 16.9. The third-order valence-corrected chi connectivity index (χ3v) is 4.01. The maximum Gasteiger partial charge on any atom is 0.328 e. The first-order chi connectivity index (χ1) is 11.6. The van der Waals surface area contributed by atoms with Crippen LogP contribution in [0.25, 0.3) is 0 Å². The van der Waals surface area contributed by atoms with Gasteiger partial charge in [0.25, 0.3) is 5.56 Å². The Morgan fingerprint density at radius 3 is 2.75 bits per heavy atom. The molecule has 7 nitrogen and oxygen atoms in total. The van der Waals surface area contributed by atoms with Crippen LogP contribution in [-0.2, 0) is 11.3 Å². The monoisotopic (exact) mass is 329 g/mol. The highest BCUT2D eigenvalue weighted by atomic mass is 16.5. The van der Waals surface area contributed by atoms with Crippen molar-refractivity contribution >= 4 is 5.91 Å². The van der Waals surface area contributed by atoms with Crippen LogP contribution in [0.5, 0.6) is 5.75 Å². The van der Waals surface area contributed by atoms with Crippen molar-refractivity contribution in [2.45, 2.75) is 25.5 Å². The van der Waals surface area contributed by atoms with Crippen LogP contribution in [0.15, 0.2) is 52.2 Å². The van der Waals surface area contributed by atoms with Crippen LogP contribution in [0.4, 0.5) is 0 Å². The van der Waals surface area contributed by atoms with Crippen molar-refractivity contribution in [1.29, 1.82) is 0 Å². The van der Waals surface area contributed by atoms with Crippen LogP contribution in [0.1, 0.15) is 12.8 Å². The van der Waals surface area contributed by atoms with E-state index in [-0.39, 0.29) is 25.0 Å². The lowest BCUT2D eigenvalue weighted by atomic mass is 10.3. The summed E-state index contributed by atoms with van der Waals surface area (Å²) in [7, 11) is 0. The number of amides is 1. The number of benzene rings is 1. The van der Waals surface area contributed by atoms with Crippen molar-refractivity contribution in [3.05, 3.63) is 63.4 Å². The van der Waals surface area contributed by atoms with Crippen LogP contribution < -0.4 is 16.0 Å². The summed E-state index contributed by atoms with van der Waals surface area (Å²) in [5.41, 5.74) is -0.940. The summed E-state index contributed by atoms with van der Waals surface area (Å²) >= 11 is 0. The number of hydrogen-bond acceptors (Lipinski definition) is 4. The Morgan fingerprint density at radius 1 is 1.21 bits per heavy atom. The third-order valence-electron chi connectivity index (χ3n) is 4.01. The molecule has 1 N–H and O–H groups in total. The number of aromatic amines is 1. The van der Waals surface area contributed by atoms with Gasteiger partial charge in [-0.05, 0) is 12.1 Å². The van der Waals surface area contributed by atoms with Crippen molar-refractivity contribution in [2.75, 3.05) is 13.1 Å². The zero-order valence-electron chi connectivity index (χ0n) is 13.2. The van der Waals surface area contributed by atoms with Crippen LogP contribution in [0.2, 0.25) is 0 Å². The molecule has 1 aliphatic rings. The number of carbonyl (C=O) groups excluding carboxylic acids is 1. The van der Waals surface area contributed by atoms with E-state index >= 15 is 0 Å². The Hall–Kier alpha value is -2.83. The normalized spacial score (nSPS) is 17.0. The minimum atomic E-state index is -0.498. The standard InChI is InChI=1S/C17H19N3O4/c21-15-7-10-19(17(23)18-15)11-8-16(22)20-9-6-14(12-20)24-13-4-2-1-3-5-13/h1-5,7,10,14H,6,8-9,11-12H2,(H,18,21,23)/t14-/m1/s1. The summed E-state index contributed by atoms with van der Waals surface area (Å²) < 4.78 is 7.19. The Kier molecular flexibility index (Phi) is 4.79. The first-order valence-corrected chi connectivity index (χ1v) is 7.91. The molecule has 1 aliphatic heterocycles. The molecule has 3 rings (SSSR count). The van der Waals surface area contributed by atoms with Gasteiger partial charge in [0.2, 0.25) is 5.91 Å². The van der Waals surface area contributed by atoms with Gasteiger partial charge in [-0.15, -0.1) is 0 Å². The lowest BCUT2D eigenvalue weighted by Gasteiger charge is -2.17. The number of carbonyl (C=O) groups is 1. The van der Waals surface area contributed by atoms with E-state index < -0.39 is 11.2 Å². The molecule has 1 saturated heterocycles. The van der Waals surface area contributed by atoms with Gasteiger partial charge in [0.1, 0.15) is 11.9 Å². The van der Waals surface area contributed by atoms with E-state index in [1.54, 1.807) is 4.90 Å². The van der Waals surface area contributed by atoms with Gasteiger partial charge in [-0.3, -0.25) is 14.6 Å². The van der Waals surface area contributed by atoms with Crippen LogP contribution >= 0.6 is 0 Å². The lowest BCUT2D eigenvalue weighted by Crippen LogP contribution is -2.34. The fraction of sp³-hybridized carbons (Fsp3) is 0.353. The zero-order valence-corrected chi connectivity index (χ0v) is 13.2. The molecule has 0 bridgehead atoms. The molecular formula is C17H19N3O4. The van der Waals surface area contributed by atoms with E-state index in [4.69, 9.17) is 4.74 Å². The van der Waals surface area contributed by atoms with Gasteiger partial charge < -0.3 is 14.2 Å². The largest absolute Gasteiger partial charge is 0.489 e. The number of rotatable bonds is 5. The molecule has 126 valence electrons. The minimum Gasteiger partial charge on any atom is -0.489 e. The first-order valence-electron chi connectivity index (χ1n) is 7.91. The number of likely N-dealkylation sites (tertiary alicyclic amines) is 1. The summed E-state index contributed by atoms with van der Waals surface area (Å²) in [4.78, 5) is 38.8. The molecule has 1 fully saturated rings. The number of para-hydroxylation sites is 1. The fourth-order valence-electron chi connectivity index (χ4n) is 2.74. The van der Waals surface area contributed by atoms with E-state index in [0.717, 1.165) is 12.2 Å². The summed E-state index contributed by atoms with van der Waals surface area (Å²) in [6.45, 7) is 1.44. The van der Waals surface area contributed by atoms with Crippen LogP contribution in [0, 0.1) is 0 Å². The summed E-state index contributed by atoms with van der Waals surface area (Å²) in [5, 5.41) is 0. The summed E-state index contributed by atoms with van der Waals surface area (Å²) in [6, 6.07) is 10.8. The van der Waals surface area contributed by atoms with Gasteiger partial charge in [-0.1, -0.05) is 18.2 Å². The third kappa shape index (κ3) is 3.92. The van der Waals surface area contributed by atoms with Gasteiger partial charge in [0.05, 0.1) is 6.54 Å². The van der Waals surface area contributed by atoms with Gasteiger partial charge >= 0.3 is 5.69 Å². The highest BCUT2D eigenvalue weighted by Gasteiger charge is 2.27. The molecule has 1 aromatic heterocycles. The molecular weight excluding hydrogens is 310 g/mol. The number of nitrogens with one attached hydrogen (secondary N) is 1. The average Bonchev–Trinajstić information content (AvgIpc) is 3.03. The van der Waals surface area contributed by atoms with Gasteiger partial charge in [-0.25, -0.2) is 4.79 Å². The number of aryl methyl sites for hydroxylation is 1. The maximum absolute atomic E-state index is 12.3. The topological polar surface area (TPSA) is 84.4 Å². The highest BCUT2D eigenvalue weighted by molar-refractivity contribution is 5.76. The smallest absolute Gasteiger partial charge is 0.328 e. The summed E-state index contributed by atoms with van der Waals surface area (Å²) in [5.74, 6) is 0.781. The van der Waals surface area contributed by atoms with Gasteiger partial charge in [-0.2, -0.15) is 0 Å². The lowest BCUT2D eigenvalue weighted by molar-refractivity contribution is -0.130. The molecule has 7 heteroatoms. The first kappa shape index (κ1) is 16.0. The molecule has 1 atom stereocenters. The number of aromatic nitrogens is 2. The molecule has 1 aromatic carbocycles. The minimum absolute atomic E-state index is 0.00727. The second-order valence-electron chi connectivity index (χ2n) is 5.73. The van der Waals surface area contributed by atoms with Crippen molar-refractivity contribution in [3.63, 3.8) is 0 Å². The van der Waals surface area contributed by atoms with Gasteiger partial charge in [0.15, 0.2) is 0 Å². The second kappa shape index (κ2) is 7.16. The number of hydrogen-bond donors (Lipinski definition) is 1. The van der Waals surface area contributed by atoms with E-state index in [0.29, 0.717) is 13.1 Å². The second-order valence-corrected chi connectivity index (χ2v) is 5.73.